The van der Waals surface area contributed by atoms with E-state index in [9.17, 15) is 4.79 Å². The molecule has 0 bridgehead atoms. The number of amides is 1. The third kappa shape index (κ3) is 7.59. The molecule has 1 aromatic heterocycles. The van der Waals surface area contributed by atoms with Gasteiger partial charge in [0.2, 0.25) is 5.88 Å². The van der Waals surface area contributed by atoms with Gasteiger partial charge < -0.3 is 14.9 Å². The molecule has 0 aliphatic rings. The Morgan fingerprint density at radius 2 is 1.62 bits per heavy atom. The molecule has 7 nitrogen and oxygen atoms in total. The predicted octanol–water partition coefficient (Wildman–Crippen LogP) is 5.11. The second kappa shape index (κ2) is 9.66. The highest BCUT2D eigenvalue weighted by Gasteiger charge is 2.14. The van der Waals surface area contributed by atoms with Crippen LogP contribution < -0.4 is 10.1 Å². The van der Waals surface area contributed by atoms with Gasteiger partial charge in [0.25, 0.3) is 0 Å². The first-order chi connectivity index (χ1) is 13.6. The molecule has 7 heteroatoms. The van der Waals surface area contributed by atoms with E-state index >= 15 is 0 Å². The van der Waals surface area contributed by atoms with Crippen molar-refractivity contribution in [3.8, 4) is 23.0 Å². The van der Waals surface area contributed by atoms with Crippen molar-refractivity contribution in [1.82, 2.24) is 9.97 Å². The first-order valence-electron chi connectivity index (χ1n) is 9.02. The number of anilines is 1. The van der Waals surface area contributed by atoms with Gasteiger partial charge in [-0.25, -0.2) is 9.78 Å². The molecule has 0 aliphatic heterocycles. The Labute approximate surface area is 170 Å². The topological polar surface area (TPSA) is 105 Å². The summed E-state index contributed by atoms with van der Waals surface area (Å²) in [5, 5.41) is 19.8. The number of aliphatic hydroxyl groups is 1. The number of benzene rings is 2. The Kier molecular flexibility index (Phi) is 7.27. The van der Waals surface area contributed by atoms with Crippen molar-refractivity contribution in [3.05, 3.63) is 66.4 Å². The molecule has 2 aromatic carbocycles. The fourth-order valence-electron chi connectivity index (χ4n) is 2.15. The van der Waals surface area contributed by atoms with Crippen molar-refractivity contribution in [1.29, 1.82) is 0 Å². The molecule has 0 atom stereocenters. The van der Waals surface area contributed by atoms with E-state index in [0.29, 0.717) is 11.6 Å². The average Bonchev–Trinajstić information content (AvgIpc) is 2.64. The lowest BCUT2D eigenvalue weighted by Gasteiger charge is -2.12. The third-order valence-corrected chi connectivity index (χ3v) is 3.33. The highest BCUT2D eigenvalue weighted by Crippen LogP contribution is 2.30. The molecule has 29 heavy (non-hydrogen) atoms. The summed E-state index contributed by atoms with van der Waals surface area (Å²) < 4.78 is 5.83. The Bertz CT molecular complexity index is 948. The Morgan fingerprint density at radius 1 is 1.03 bits per heavy atom. The Hall–Kier alpha value is -3.45. The minimum Gasteiger partial charge on any atom is -0.465 e. The normalized spacial score (nSPS) is 10.5. The van der Waals surface area contributed by atoms with E-state index in [2.05, 4.69) is 15.3 Å². The third-order valence-electron chi connectivity index (χ3n) is 3.33. The van der Waals surface area contributed by atoms with Gasteiger partial charge in [-0.05, 0) is 39.3 Å². The zero-order chi connectivity index (χ0) is 21.4. The lowest BCUT2D eigenvalue weighted by Crippen LogP contribution is -2.10. The molecule has 0 fully saturated rings. The van der Waals surface area contributed by atoms with Crippen LogP contribution in [0.5, 0.6) is 11.6 Å². The van der Waals surface area contributed by atoms with E-state index < -0.39 is 11.7 Å². The number of hydrogen-bond donors (Lipinski definition) is 3. The summed E-state index contributed by atoms with van der Waals surface area (Å²) in [6, 6.07) is 16.8. The molecular formula is C22H25N3O4. The van der Waals surface area contributed by atoms with Crippen molar-refractivity contribution in [2.75, 3.05) is 5.32 Å². The summed E-state index contributed by atoms with van der Waals surface area (Å²) in [5.74, 6) is 1.21. The Balaban J connectivity index is 0.000000537. The summed E-state index contributed by atoms with van der Waals surface area (Å²) in [5.41, 5.74) is 1.41. The van der Waals surface area contributed by atoms with Crippen molar-refractivity contribution in [2.45, 2.75) is 33.3 Å². The zero-order valence-electron chi connectivity index (χ0n) is 16.9. The number of para-hydroxylation sites is 1. The number of nitrogens with zero attached hydrogens (tertiary/aromatic N) is 2. The standard InChI is InChI=1S/C18H15N3O3.C4H10O/c1-12-7-5-6-10-15(12)24-17-14(20-18(22)23)11-19-16(21-17)13-8-3-2-4-9-13;1-4(2,3)5/h2-11,20H,1H3,(H,22,23);5H,1-3H3. The van der Waals surface area contributed by atoms with E-state index in [1.54, 1.807) is 26.8 Å². The van der Waals surface area contributed by atoms with E-state index in [4.69, 9.17) is 14.9 Å². The molecule has 3 aromatic rings. The maximum absolute atomic E-state index is 11.0. The maximum Gasteiger partial charge on any atom is 0.409 e. The highest BCUT2D eigenvalue weighted by atomic mass is 16.5. The zero-order valence-corrected chi connectivity index (χ0v) is 16.9. The minimum absolute atomic E-state index is 0.153. The monoisotopic (exact) mass is 395 g/mol. The number of ether oxygens (including phenoxy) is 1. The van der Waals surface area contributed by atoms with Gasteiger partial charge in [0, 0.05) is 5.56 Å². The molecule has 0 radical (unpaired) electrons. The molecule has 1 heterocycles. The number of carboxylic acid groups (broad SMARTS) is 1. The van der Waals surface area contributed by atoms with Crippen molar-refractivity contribution < 1.29 is 19.7 Å². The van der Waals surface area contributed by atoms with Crippen LogP contribution in [-0.4, -0.2) is 31.9 Å². The predicted molar refractivity (Wildman–Crippen MR) is 112 cm³/mol. The number of carbonyl (C=O) groups is 1. The smallest absolute Gasteiger partial charge is 0.409 e. The number of nitrogens with one attached hydrogen (secondary N) is 1. The van der Waals surface area contributed by atoms with Crippen LogP contribution in [0, 0.1) is 6.92 Å². The molecule has 0 saturated carbocycles. The van der Waals surface area contributed by atoms with Crippen LogP contribution in [0.1, 0.15) is 26.3 Å². The number of rotatable bonds is 4. The van der Waals surface area contributed by atoms with Crippen molar-refractivity contribution in [2.24, 2.45) is 0 Å². The second-order valence-corrected chi connectivity index (χ2v) is 7.25. The van der Waals surface area contributed by atoms with Gasteiger partial charge in [0.05, 0.1) is 11.8 Å². The van der Waals surface area contributed by atoms with Gasteiger partial charge in [0.1, 0.15) is 11.4 Å². The van der Waals surface area contributed by atoms with E-state index in [1.807, 2.05) is 55.5 Å². The quantitative estimate of drug-likeness (QED) is 0.567. The summed E-state index contributed by atoms with van der Waals surface area (Å²) in [6.45, 7) is 7.13. The minimum atomic E-state index is -1.21. The van der Waals surface area contributed by atoms with Crippen LogP contribution >= 0.6 is 0 Å². The van der Waals surface area contributed by atoms with Crippen LogP contribution in [0.25, 0.3) is 11.4 Å². The van der Waals surface area contributed by atoms with Gasteiger partial charge in [-0.3, -0.25) is 5.32 Å². The summed E-state index contributed by atoms with van der Waals surface area (Å²) in [4.78, 5) is 19.6. The van der Waals surface area contributed by atoms with Crippen LogP contribution in [0.4, 0.5) is 10.5 Å². The molecule has 152 valence electrons. The van der Waals surface area contributed by atoms with Gasteiger partial charge in [-0.15, -0.1) is 0 Å². The lowest BCUT2D eigenvalue weighted by molar-refractivity contribution is 0.102. The van der Waals surface area contributed by atoms with E-state index in [1.165, 1.54) is 6.20 Å². The van der Waals surface area contributed by atoms with E-state index in [-0.39, 0.29) is 11.6 Å². The molecule has 3 N–H and O–H groups in total. The van der Waals surface area contributed by atoms with Gasteiger partial charge in [-0.2, -0.15) is 4.98 Å². The van der Waals surface area contributed by atoms with Crippen LogP contribution in [0.15, 0.2) is 60.8 Å². The van der Waals surface area contributed by atoms with Crippen LogP contribution in [-0.2, 0) is 0 Å². The van der Waals surface area contributed by atoms with Crippen LogP contribution in [0.2, 0.25) is 0 Å². The second-order valence-electron chi connectivity index (χ2n) is 7.25. The SMILES string of the molecule is CC(C)(C)O.Cc1ccccc1Oc1nc(-c2ccccc2)ncc1NC(=O)O. The lowest BCUT2D eigenvalue weighted by atomic mass is 10.2. The first kappa shape index (κ1) is 21.8. The molecule has 3 rings (SSSR count). The first-order valence-corrected chi connectivity index (χ1v) is 9.02. The molecule has 1 amide bonds. The summed E-state index contributed by atoms with van der Waals surface area (Å²) in [6.07, 6.45) is 0.192. The molecule has 0 spiro atoms. The van der Waals surface area contributed by atoms with Crippen molar-refractivity contribution >= 4 is 11.8 Å². The van der Waals surface area contributed by atoms with Crippen LogP contribution in [0.3, 0.4) is 0 Å². The van der Waals surface area contributed by atoms with Crippen molar-refractivity contribution in [3.63, 3.8) is 0 Å². The summed E-state index contributed by atoms with van der Waals surface area (Å²) in [7, 11) is 0. The number of hydrogen-bond acceptors (Lipinski definition) is 5. The maximum atomic E-state index is 11.0. The number of aromatic nitrogens is 2. The van der Waals surface area contributed by atoms with Gasteiger partial charge in [-0.1, -0.05) is 48.5 Å². The molecular weight excluding hydrogens is 370 g/mol. The fourth-order valence-corrected chi connectivity index (χ4v) is 2.15. The Morgan fingerprint density at radius 3 is 2.21 bits per heavy atom. The number of aryl methyl sites for hydroxylation is 1. The largest absolute Gasteiger partial charge is 0.465 e. The molecule has 0 saturated heterocycles. The van der Waals surface area contributed by atoms with E-state index in [0.717, 1.165) is 11.1 Å². The average molecular weight is 395 g/mol. The van der Waals surface area contributed by atoms with Gasteiger partial charge in [0.15, 0.2) is 5.82 Å². The van der Waals surface area contributed by atoms with Gasteiger partial charge >= 0.3 is 6.09 Å². The highest BCUT2D eigenvalue weighted by molar-refractivity contribution is 5.84. The molecule has 0 unspecified atom stereocenters. The fraction of sp³-hybridized carbons (Fsp3) is 0.227. The summed E-state index contributed by atoms with van der Waals surface area (Å²) >= 11 is 0. The molecule has 0 aliphatic carbocycles.